The van der Waals surface area contributed by atoms with Crippen LogP contribution < -0.4 is 10.1 Å². The molecule has 0 spiro atoms. The number of nitrogens with one attached hydrogen (secondary N) is 1. The molecule has 1 amide bonds. The maximum absolute atomic E-state index is 11.6. The summed E-state index contributed by atoms with van der Waals surface area (Å²) in [6.45, 7) is -0.463. The van der Waals surface area contributed by atoms with Gasteiger partial charge in [-0.2, -0.15) is 0 Å². The molecule has 1 rings (SSSR count). The first-order chi connectivity index (χ1) is 9.43. The van der Waals surface area contributed by atoms with E-state index < -0.39 is 17.9 Å². The van der Waals surface area contributed by atoms with Crippen LogP contribution in [0.15, 0.2) is 22.7 Å². The summed E-state index contributed by atoms with van der Waals surface area (Å²) >= 11 is 9.16. The summed E-state index contributed by atoms with van der Waals surface area (Å²) < 4.78 is 10.7. The Hall–Kier alpha value is -1.31. The summed E-state index contributed by atoms with van der Waals surface area (Å²) in [7, 11) is 1.35. The first-order valence-electron chi connectivity index (χ1n) is 5.53. The predicted molar refractivity (Wildman–Crippen MR) is 76.1 cm³/mol. The Morgan fingerprint density at radius 2 is 2.20 bits per heavy atom. The molecule has 0 aliphatic rings. The Morgan fingerprint density at radius 1 is 1.50 bits per heavy atom. The van der Waals surface area contributed by atoms with E-state index in [-0.39, 0.29) is 13.2 Å². The zero-order valence-corrected chi connectivity index (χ0v) is 12.9. The smallest absolute Gasteiger partial charge is 0.328 e. The van der Waals surface area contributed by atoms with Crippen LogP contribution in [-0.2, 0) is 14.3 Å². The van der Waals surface area contributed by atoms with Crippen LogP contribution in [0, 0.1) is 0 Å². The first kappa shape index (κ1) is 16.7. The van der Waals surface area contributed by atoms with Gasteiger partial charge < -0.3 is 19.9 Å². The predicted octanol–water partition coefficient (Wildman–Crippen LogP) is 1.70. The Kier molecular flexibility index (Phi) is 6.77. The Balaban J connectivity index is 2.52. The molecule has 0 bridgehead atoms. The van der Waals surface area contributed by atoms with Crippen LogP contribution in [0.3, 0.4) is 0 Å². The van der Waals surface area contributed by atoms with Crippen LogP contribution >= 0.6 is 27.5 Å². The van der Waals surface area contributed by atoms with E-state index >= 15 is 0 Å². The highest BCUT2D eigenvalue weighted by atomic mass is 79.9. The van der Waals surface area contributed by atoms with Crippen LogP contribution in [0.25, 0.3) is 0 Å². The molecule has 0 radical (unpaired) electrons. The summed E-state index contributed by atoms with van der Waals surface area (Å²) in [5, 5.41) is 11.5. The van der Waals surface area contributed by atoms with Gasteiger partial charge in [-0.1, -0.05) is 27.5 Å². The molecule has 2 N–H and O–H groups in total. The molecular weight excluding hydrogens is 353 g/mol. The summed E-state index contributed by atoms with van der Waals surface area (Å²) in [6, 6.07) is 3.82. The largest absolute Gasteiger partial charge is 0.482 e. The van der Waals surface area contributed by atoms with Crippen molar-refractivity contribution in [1.29, 1.82) is 0 Å². The maximum Gasteiger partial charge on any atom is 0.328 e. The number of carboxylic acid groups (broad SMARTS) is 1. The lowest BCUT2D eigenvalue weighted by molar-refractivity contribution is -0.143. The van der Waals surface area contributed by atoms with E-state index in [0.29, 0.717) is 10.8 Å². The third-order valence-corrected chi connectivity index (χ3v) is 3.01. The van der Waals surface area contributed by atoms with Crippen molar-refractivity contribution in [1.82, 2.24) is 5.32 Å². The van der Waals surface area contributed by atoms with Crippen LogP contribution in [0.5, 0.6) is 5.75 Å². The van der Waals surface area contributed by atoms with Gasteiger partial charge in [-0.3, -0.25) is 4.79 Å². The minimum Gasteiger partial charge on any atom is -0.482 e. The lowest BCUT2D eigenvalue weighted by atomic mass is 10.3. The van der Waals surface area contributed by atoms with Crippen molar-refractivity contribution in [2.45, 2.75) is 6.04 Å². The number of ether oxygens (including phenoxy) is 2. The lowest BCUT2D eigenvalue weighted by Gasteiger charge is -2.14. The molecule has 20 heavy (non-hydrogen) atoms. The number of halogens is 2. The second-order valence-electron chi connectivity index (χ2n) is 3.78. The first-order valence-corrected chi connectivity index (χ1v) is 6.70. The minimum atomic E-state index is -1.18. The van der Waals surface area contributed by atoms with E-state index in [0.717, 1.165) is 4.47 Å². The monoisotopic (exact) mass is 365 g/mol. The van der Waals surface area contributed by atoms with Crippen molar-refractivity contribution in [3.05, 3.63) is 27.7 Å². The van der Waals surface area contributed by atoms with Crippen molar-refractivity contribution >= 4 is 39.4 Å². The van der Waals surface area contributed by atoms with Gasteiger partial charge in [0, 0.05) is 11.6 Å². The van der Waals surface area contributed by atoms with Crippen LogP contribution in [-0.4, -0.2) is 43.3 Å². The fourth-order valence-electron chi connectivity index (χ4n) is 1.31. The molecule has 0 saturated heterocycles. The van der Waals surface area contributed by atoms with Gasteiger partial charge in [0.2, 0.25) is 0 Å². The molecule has 1 aromatic carbocycles. The molecule has 1 aromatic rings. The number of hydrogen-bond acceptors (Lipinski definition) is 4. The highest BCUT2D eigenvalue weighted by Crippen LogP contribution is 2.27. The number of rotatable bonds is 7. The molecule has 0 fully saturated rings. The van der Waals surface area contributed by atoms with Crippen molar-refractivity contribution in [2.75, 3.05) is 20.3 Å². The Morgan fingerprint density at radius 3 is 2.75 bits per heavy atom. The standard InChI is InChI=1S/C12H13BrClNO5/c1-19-5-9(12(17)18)15-11(16)6-20-10-3-2-7(13)4-8(10)14/h2-4,9H,5-6H2,1H3,(H,15,16)(H,17,18). The third kappa shape index (κ3) is 5.36. The second kappa shape index (κ2) is 8.08. The normalized spacial score (nSPS) is 11.8. The molecule has 8 heteroatoms. The van der Waals surface area contributed by atoms with E-state index in [9.17, 15) is 9.59 Å². The number of carboxylic acids is 1. The van der Waals surface area contributed by atoms with Crippen LogP contribution in [0.2, 0.25) is 5.02 Å². The van der Waals surface area contributed by atoms with Gasteiger partial charge in [0.1, 0.15) is 5.75 Å². The molecule has 6 nitrogen and oxygen atoms in total. The number of amides is 1. The van der Waals surface area contributed by atoms with Gasteiger partial charge in [0.15, 0.2) is 12.6 Å². The topological polar surface area (TPSA) is 84.9 Å². The summed E-state index contributed by atoms with van der Waals surface area (Å²) in [5.41, 5.74) is 0. The van der Waals surface area contributed by atoms with Gasteiger partial charge >= 0.3 is 5.97 Å². The number of carbonyl (C=O) groups is 2. The van der Waals surface area contributed by atoms with Gasteiger partial charge in [-0.25, -0.2) is 4.79 Å². The van der Waals surface area contributed by atoms with Crippen molar-refractivity contribution < 1.29 is 24.2 Å². The van der Waals surface area contributed by atoms with E-state index in [1.54, 1.807) is 18.2 Å². The van der Waals surface area contributed by atoms with Gasteiger partial charge in [0.05, 0.1) is 11.6 Å². The molecule has 0 heterocycles. The summed E-state index contributed by atoms with van der Waals surface area (Å²) in [5.74, 6) is -1.42. The molecule has 1 unspecified atom stereocenters. The van der Waals surface area contributed by atoms with E-state index in [1.807, 2.05) is 0 Å². The third-order valence-electron chi connectivity index (χ3n) is 2.22. The van der Waals surface area contributed by atoms with Crippen molar-refractivity contribution in [3.63, 3.8) is 0 Å². The molecule has 0 aliphatic heterocycles. The highest BCUT2D eigenvalue weighted by molar-refractivity contribution is 9.10. The van der Waals surface area contributed by atoms with E-state index in [1.165, 1.54) is 7.11 Å². The SMILES string of the molecule is COCC(NC(=O)COc1ccc(Br)cc1Cl)C(=O)O. The van der Waals surface area contributed by atoms with Crippen molar-refractivity contribution in [3.8, 4) is 5.75 Å². The molecule has 110 valence electrons. The Labute approximate surface area is 129 Å². The fraction of sp³-hybridized carbons (Fsp3) is 0.333. The highest BCUT2D eigenvalue weighted by Gasteiger charge is 2.19. The lowest BCUT2D eigenvalue weighted by Crippen LogP contribution is -2.45. The molecule has 0 aliphatic carbocycles. The second-order valence-corrected chi connectivity index (χ2v) is 5.10. The molecular formula is C12H13BrClNO5. The summed E-state index contributed by atoms with van der Waals surface area (Å²) in [6.07, 6.45) is 0. The Bertz CT molecular complexity index is 497. The fourth-order valence-corrected chi connectivity index (χ4v) is 2.04. The van der Waals surface area contributed by atoms with Crippen LogP contribution in [0.1, 0.15) is 0 Å². The number of aliphatic carboxylic acids is 1. The molecule has 1 atom stereocenters. The summed E-state index contributed by atoms with van der Waals surface area (Å²) in [4.78, 5) is 22.4. The quantitative estimate of drug-likeness (QED) is 0.767. The zero-order valence-electron chi connectivity index (χ0n) is 10.6. The zero-order chi connectivity index (χ0) is 15.1. The van der Waals surface area contributed by atoms with Gasteiger partial charge in [-0.15, -0.1) is 0 Å². The van der Waals surface area contributed by atoms with E-state index in [4.69, 9.17) is 26.2 Å². The average molecular weight is 367 g/mol. The van der Waals surface area contributed by atoms with Gasteiger partial charge in [0.25, 0.3) is 5.91 Å². The molecule has 0 aromatic heterocycles. The number of hydrogen-bond donors (Lipinski definition) is 2. The number of benzene rings is 1. The van der Waals surface area contributed by atoms with E-state index in [2.05, 4.69) is 21.2 Å². The average Bonchev–Trinajstić information content (AvgIpc) is 2.37. The molecule has 0 saturated carbocycles. The van der Waals surface area contributed by atoms with Crippen molar-refractivity contribution in [2.24, 2.45) is 0 Å². The minimum absolute atomic E-state index is 0.125. The number of carbonyl (C=O) groups excluding carboxylic acids is 1. The number of methoxy groups -OCH3 is 1. The van der Waals surface area contributed by atoms with Crippen LogP contribution in [0.4, 0.5) is 0 Å². The van der Waals surface area contributed by atoms with Gasteiger partial charge in [-0.05, 0) is 18.2 Å². The maximum atomic E-state index is 11.6.